The number of fused-ring (bicyclic) bond motifs is 2. The van der Waals surface area contributed by atoms with Crippen molar-refractivity contribution in [1.82, 2.24) is 9.38 Å². The van der Waals surface area contributed by atoms with Gasteiger partial charge in [-0.25, -0.2) is 0 Å². The number of carbonyl (C=O) groups excluding carboxylic acids is 1. The second-order valence-electron chi connectivity index (χ2n) is 5.21. The first-order chi connectivity index (χ1) is 10.7. The molecule has 0 unspecified atom stereocenters. The summed E-state index contributed by atoms with van der Waals surface area (Å²) in [7, 11) is 0. The van der Waals surface area contributed by atoms with E-state index in [0.29, 0.717) is 11.2 Å². The maximum atomic E-state index is 12.8. The Morgan fingerprint density at radius 2 is 1.82 bits per heavy atom. The highest BCUT2D eigenvalue weighted by molar-refractivity contribution is 5.77. The Labute approximate surface area is 125 Å². The fourth-order valence-electron chi connectivity index (χ4n) is 2.85. The summed E-state index contributed by atoms with van der Waals surface area (Å²) >= 11 is 0. The van der Waals surface area contributed by atoms with E-state index in [1.807, 2.05) is 30.3 Å². The summed E-state index contributed by atoms with van der Waals surface area (Å²) < 4.78 is 6.69. The van der Waals surface area contributed by atoms with Crippen LogP contribution >= 0.6 is 0 Å². The molecule has 1 aliphatic heterocycles. The summed E-state index contributed by atoms with van der Waals surface area (Å²) in [5, 5.41) is 0. The Kier molecular flexibility index (Phi) is 2.79. The molecule has 22 heavy (non-hydrogen) atoms. The van der Waals surface area contributed by atoms with Crippen molar-refractivity contribution in [1.29, 1.82) is 0 Å². The van der Waals surface area contributed by atoms with Crippen LogP contribution in [0.4, 0.5) is 0 Å². The summed E-state index contributed by atoms with van der Waals surface area (Å²) in [5.41, 5.74) is 1.62. The van der Waals surface area contributed by atoms with Crippen LogP contribution in [0.1, 0.15) is 23.5 Å². The average molecular weight is 292 g/mol. The van der Waals surface area contributed by atoms with Gasteiger partial charge in [0.05, 0.1) is 12.0 Å². The van der Waals surface area contributed by atoms with E-state index >= 15 is 0 Å². The molecule has 108 valence electrons. The van der Waals surface area contributed by atoms with Crippen LogP contribution in [-0.2, 0) is 4.79 Å². The van der Waals surface area contributed by atoms with E-state index in [1.165, 1.54) is 4.40 Å². The van der Waals surface area contributed by atoms with Gasteiger partial charge < -0.3 is 4.74 Å². The number of rotatable bonds is 1. The van der Waals surface area contributed by atoms with Crippen LogP contribution in [-0.4, -0.2) is 15.4 Å². The van der Waals surface area contributed by atoms with Gasteiger partial charge in [0.1, 0.15) is 5.65 Å². The third kappa shape index (κ3) is 1.90. The van der Waals surface area contributed by atoms with Crippen LogP contribution < -0.4 is 10.3 Å². The normalized spacial score (nSPS) is 17.1. The van der Waals surface area contributed by atoms with E-state index in [4.69, 9.17) is 4.74 Å². The van der Waals surface area contributed by atoms with Crippen molar-refractivity contribution in [2.45, 2.75) is 12.3 Å². The smallest absolute Gasteiger partial charge is 0.313 e. The molecule has 1 aromatic carbocycles. The predicted molar refractivity (Wildman–Crippen MR) is 80.0 cm³/mol. The molecule has 0 amide bonds. The largest absolute Gasteiger partial charge is 0.407 e. The molecular weight excluding hydrogens is 280 g/mol. The topological polar surface area (TPSA) is 60.7 Å². The number of benzene rings is 1. The molecule has 1 aliphatic rings. The highest BCUT2D eigenvalue weighted by Gasteiger charge is 2.32. The first kappa shape index (κ1) is 12.8. The predicted octanol–water partition coefficient (Wildman–Crippen LogP) is 2.14. The molecule has 0 saturated carbocycles. The van der Waals surface area contributed by atoms with Gasteiger partial charge in [-0.05, 0) is 17.7 Å². The van der Waals surface area contributed by atoms with Gasteiger partial charge in [0.25, 0.3) is 5.56 Å². The van der Waals surface area contributed by atoms with Crippen LogP contribution in [0.5, 0.6) is 5.88 Å². The van der Waals surface area contributed by atoms with Gasteiger partial charge >= 0.3 is 5.97 Å². The Morgan fingerprint density at radius 3 is 2.64 bits per heavy atom. The first-order valence-corrected chi connectivity index (χ1v) is 7.01. The zero-order valence-corrected chi connectivity index (χ0v) is 11.6. The second kappa shape index (κ2) is 4.80. The summed E-state index contributed by atoms with van der Waals surface area (Å²) in [6.07, 6.45) is 1.82. The van der Waals surface area contributed by atoms with Crippen molar-refractivity contribution in [2.75, 3.05) is 0 Å². The van der Waals surface area contributed by atoms with Gasteiger partial charge in [-0.2, -0.15) is 4.98 Å². The fourth-order valence-corrected chi connectivity index (χ4v) is 2.85. The van der Waals surface area contributed by atoms with Crippen LogP contribution in [0, 0.1) is 0 Å². The minimum atomic E-state index is -0.367. The molecule has 4 rings (SSSR count). The van der Waals surface area contributed by atoms with E-state index < -0.39 is 0 Å². The molecule has 0 bridgehead atoms. The summed E-state index contributed by atoms with van der Waals surface area (Å²) in [4.78, 5) is 29.0. The van der Waals surface area contributed by atoms with Crippen molar-refractivity contribution in [3.05, 3.63) is 76.2 Å². The molecular formula is C17H12N2O3. The maximum Gasteiger partial charge on any atom is 0.313 e. The molecule has 5 heteroatoms. The van der Waals surface area contributed by atoms with Crippen molar-refractivity contribution < 1.29 is 9.53 Å². The number of esters is 1. The zero-order chi connectivity index (χ0) is 15.1. The highest BCUT2D eigenvalue weighted by atomic mass is 16.5. The van der Waals surface area contributed by atoms with Crippen LogP contribution in [0.15, 0.2) is 59.5 Å². The molecule has 3 heterocycles. The number of pyridine rings is 1. The van der Waals surface area contributed by atoms with E-state index in [1.54, 1.807) is 24.4 Å². The van der Waals surface area contributed by atoms with Crippen LogP contribution in [0.2, 0.25) is 0 Å². The number of carbonyl (C=O) groups is 1. The Balaban J connectivity index is 2.02. The lowest BCUT2D eigenvalue weighted by atomic mass is 9.88. The summed E-state index contributed by atoms with van der Waals surface area (Å²) in [6.45, 7) is 0. The second-order valence-corrected chi connectivity index (χ2v) is 5.21. The molecule has 0 fully saturated rings. The lowest BCUT2D eigenvalue weighted by molar-refractivity contribution is -0.135. The maximum absolute atomic E-state index is 12.8. The van der Waals surface area contributed by atoms with Gasteiger partial charge in [-0.3, -0.25) is 14.0 Å². The molecule has 0 spiro atoms. The molecule has 0 saturated heterocycles. The lowest BCUT2D eigenvalue weighted by Gasteiger charge is -2.23. The minimum absolute atomic E-state index is 0.126. The first-order valence-electron chi connectivity index (χ1n) is 7.01. The van der Waals surface area contributed by atoms with Crippen molar-refractivity contribution in [3.8, 4) is 5.88 Å². The highest BCUT2D eigenvalue weighted by Crippen LogP contribution is 2.35. The number of aromatic nitrogens is 2. The molecule has 3 aromatic rings. The fraction of sp³-hybridized carbons (Fsp3) is 0.118. The molecule has 0 radical (unpaired) electrons. The van der Waals surface area contributed by atoms with Gasteiger partial charge in [-0.15, -0.1) is 0 Å². The number of nitrogens with zero attached hydrogens (tertiary/aromatic N) is 2. The van der Waals surface area contributed by atoms with Crippen molar-refractivity contribution >= 4 is 11.6 Å². The Hall–Kier alpha value is -2.95. The number of hydrogen-bond donors (Lipinski definition) is 0. The number of ether oxygens (including phenoxy) is 1. The van der Waals surface area contributed by atoms with E-state index in [-0.39, 0.29) is 29.7 Å². The van der Waals surface area contributed by atoms with Gasteiger partial charge in [-0.1, -0.05) is 36.4 Å². The quantitative estimate of drug-likeness (QED) is 0.645. The van der Waals surface area contributed by atoms with Gasteiger partial charge in [0.2, 0.25) is 5.88 Å². The average Bonchev–Trinajstić information content (AvgIpc) is 2.55. The molecule has 2 aromatic heterocycles. The minimum Gasteiger partial charge on any atom is -0.407 e. The summed E-state index contributed by atoms with van der Waals surface area (Å²) in [6, 6.07) is 14.8. The van der Waals surface area contributed by atoms with E-state index in [9.17, 15) is 9.59 Å². The van der Waals surface area contributed by atoms with Gasteiger partial charge in [0, 0.05) is 12.1 Å². The third-order valence-corrected chi connectivity index (χ3v) is 3.87. The zero-order valence-electron chi connectivity index (χ0n) is 11.6. The number of hydrogen-bond acceptors (Lipinski definition) is 4. The molecule has 0 aliphatic carbocycles. The lowest BCUT2D eigenvalue weighted by Crippen LogP contribution is -2.31. The third-order valence-electron chi connectivity index (χ3n) is 3.87. The Bertz CT molecular complexity index is 932. The van der Waals surface area contributed by atoms with Crippen LogP contribution in [0.25, 0.3) is 5.65 Å². The van der Waals surface area contributed by atoms with Crippen molar-refractivity contribution in [3.63, 3.8) is 0 Å². The molecule has 5 nitrogen and oxygen atoms in total. The molecule has 0 N–H and O–H groups in total. The van der Waals surface area contributed by atoms with Gasteiger partial charge in [0.15, 0.2) is 0 Å². The van der Waals surface area contributed by atoms with Crippen LogP contribution in [0.3, 0.4) is 0 Å². The van der Waals surface area contributed by atoms with E-state index in [0.717, 1.165) is 5.56 Å². The monoisotopic (exact) mass is 292 g/mol. The van der Waals surface area contributed by atoms with E-state index in [2.05, 4.69) is 4.98 Å². The van der Waals surface area contributed by atoms with Crippen molar-refractivity contribution in [2.24, 2.45) is 0 Å². The molecule has 1 atom stereocenters. The summed E-state index contributed by atoms with van der Waals surface area (Å²) in [5.74, 6) is -0.565. The Morgan fingerprint density at radius 1 is 1.05 bits per heavy atom. The standard InChI is InChI=1S/C17H12N2O3/c20-14-10-12(11-6-2-1-3-7-11)15-16(22-14)18-13-8-4-5-9-19(13)17(15)21/h1-9,12H,10H2/t12-/m1/s1. The SMILES string of the molecule is O=C1C[C@H](c2ccccc2)c2c(nc3ccccn3c2=O)O1.